The zero-order valence-corrected chi connectivity index (χ0v) is 7.09. The van der Waals surface area contributed by atoms with Crippen LogP contribution in [-0.2, 0) is 4.57 Å². The number of nitro groups is 1. The van der Waals surface area contributed by atoms with Crippen molar-refractivity contribution in [1.29, 1.82) is 0 Å². The first-order chi connectivity index (χ1) is 5.80. The van der Waals surface area contributed by atoms with Crippen LogP contribution >= 0.6 is 7.75 Å². The minimum Gasteiger partial charge on any atom is -0.390 e. The van der Waals surface area contributed by atoms with E-state index in [1.54, 1.807) is 0 Å². The van der Waals surface area contributed by atoms with Crippen LogP contribution in [0.3, 0.4) is 0 Å². The van der Waals surface area contributed by atoms with E-state index < -0.39 is 12.7 Å². The van der Waals surface area contributed by atoms with E-state index in [4.69, 9.17) is 14.4 Å². The Bertz CT molecular complexity index is 295. The lowest BCUT2D eigenvalue weighted by atomic mass is 11.0. The molecule has 0 aromatic carbocycles. The average Bonchev–Trinajstić information content (AvgIpc) is 2.31. The van der Waals surface area contributed by atoms with Crippen molar-refractivity contribution in [3.63, 3.8) is 0 Å². The van der Waals surface area contributed by atoms with E-state index in [1.807, 2.05) is 0 Å². The van der Waals surface area contributed by atoms with Crippen LogP contribution in [0.4, 0.5) is 5.95 Å². The number of H-pyrrole nitrogens is 1. The number of hydrogen-bond acceptors (Lipinski definition) is 4. The minimum absolute atomic E-state index is 0.218. The van der Waals surface area contributed by atoms with Gasteiger partial charge in [0.1, 0.15) is 6.20 Å². The van der Waals surface area contributed by atoms with Crippen molar-refractivity contribution >= 4 is 13.7 Å². The maximum atomic E-state index is 9.77. The van der Waals surface area contributed by atoms with Crippen LogP contribution in [0.15, 0.2) is 12.4 Å². The number of nitrogens with one attached hydrogen (secondary N) is 1. The molecule has 0 aliphatic rings. The molecule has 0 aliphatic heterocycles. The second-order valence-electron chi connectivity index (χ2n) is 1.76. The summed E-state index contributed by atoms with van der Waals surface area (Å²) in [5.41, 5.74) is 4.02. The van der Waals surface area contributed by atoms with Gasteiger partial charge in [0.15, 0.2) is 0 Å². The summed E-state index contributed by atoms with van der Waals surface area (Å²) in [5, 5.41) is 9.77. The molecule has 0 atom stereocenters. The standard InChI is InChI=1S/C3H3N3O2.H4NO3P/c7-6(8)3-4-1-2-5-3;1-5(2,3)4/h1-2H,(H,4,5);(H4,1,2,3,4). The van der Waals surface area contributed by atoms with Crippen LogP contribution in [0.2, 0.25) is 0 Å². The van der Waals surface area contributed by atoms with E-state index in [0.717, 1.165) is 0 Å². The Morgan fingerprint density at radius 2 is 2.15 bits per heavy atom. The summed E-state index contributed by atoms with van der Waals surface area (Å²) in [6, 6.07) is 0. The molecule has 0 bridgehead atoms. The van der Waals surface area contributed by atoms with E-state index in [1.165, 1.54) is 12.4 Å². The third-order valence-electron chi connectivity index (χ3n) is 0.657. The zero-order chi connectivity index (χ0) is 10.5. The van der Waals surface area contributed by atoms with E-state index in [2.05, 4.69) is 15.5 Å². The first-order valence-corrected chi connectivity index (χ1v) is 4.46. The maximum Gasteiger partial charge on any atom is 0.432 e. The molecular weight excluding hydrogens is 203 g/mol. The van der Waals surface area contributed by atoms with Crippen LogP contribution in [0.5, 0.6) is 0 Å². The normalized spacial score (nSPS) is 10.1. The van der Waals surface area contributed by atoms with Crippen molar-refractivity contribution in [2.45, 2.75) is 0 Å². The third-order valence-corrected chi connectivity index (χ3v) is 0.657. The molecule has 0 amide bonds. The largest absolute Gasteiger partial charge is 0.432 e. The van der Waals surface area contributed by atoms with Gasteiger partial charge in [-0.3, -0.25) is 0 Å². The highest BCUT2D eigenvalue weighted by Crippen LogP contribution is 2.20. The molecule has 5 N–H and O–H groups in total. The van der Waals surface area contributed by atoms with Crippen molar-refractivity contribution in [2.24, 2.45) is 5.50 Å². The molecule has 13 heavy (non-hydrogen) atoms. The molecule has 74 valence electrons. The van der Waals surface area contributed by atoms with Crippen LogP contribution < -0.4 is 5.50 Å². The maximum absolute atomic E-state index is 9.77. The molecular formula is C3H7N4O5P. The number of nitrogens with two attached hydrogens (primary N) is 1. The predicted molar refractivity (Wildman–Crippen MR) is 41.5 cm³/mol. The highest BCUT2D eigenvalue weighted by Gasteiger charge is 2.01. The van der Waals surface area contributed by atoms with E-state index in [9.17, 15) is 10.1 Å². The lowest BCUT2D eigenvalue weighted by molar-refractivity contribution is -0.393. The Kier molecular flexibility index (Phi) is 4.21. The van der Waals surface area contributed by atoms with Gasteiger partial charge in [-0.15, -0.1) is 0 Å². The second kappa shape index (κ2) is 4.67. The highest BCUT2D eigenvalue weighted by molar-refractivity contribution is 7.49. The number of rotatable bonds is 1. The Morgan fingerprint density at radius 3 is 2.31 bits per heavy atom. The number of aromatic amines is 1. The summed E-state index contributed by atoms with van der Waals surface area (Å²) in [6.45, 7) is 0. The fraction of sp³-hybridized carbons (Fsp3) is 0. The fourth-order valence-electron chi connectivity index (χ4n) is 0.357. The summed E-state index contributed by atoms with van der Waals surface area (Å²) >= 11 is 0. The lowest BCUT2D eigenvalue weighted by Gasteiger charge is -1.84. The molecule has 0 radical (unpaired) electrons. The Balaban J connectivity index is 0.000000252. The van der Waals surface area contributed by atoms with E-state index in [-0.39, 0.29) is 5.95 Å². The number of hydrogen-bond donors (Lipinski definition) is 4. The SMILES string of the molecule is NP(=O)(O)O.O=[N+]([O-])c1ncc[nH]1. The molecule has 0 saturated heterocycles. The predicted octanol–water partition coefficient (Wildman–Crippen LogP) is -0.644. The summed E-state index contributed by atoms with van der Waals surface area (Å²) in [4.78, 5) is 29.7. The topological polar surface area (TPSA) is 155 Å². The Hall–Kier alpha value is -1.28. The Morgan fingerprint density at radius 1 is 1.69 bits per heavy atom. The van der Waals surface area contributed by atoms with Crippen molar-refractivity contribution in [2.75, 3.05) is 0 Å². The second-order valence-corrected chi connectivity index (χ2v) is 2.94. The quantitative estimate of drug-likeness (QED) is 0.272. The van der Waals surface area contributed by atoms with Crippen LogP contribution in [-0.4, -0.2) is 24.7 Å². The number of aromatic nitrogens is 2. The molecule has 1 aromatic rings. The van der Waals surface area contributed by atoms with Gasteiger partial charge < -0.3 is 19.9 Å². The smallest absolute Gasteiger partial charge is 0.390 e. The molecule has 9 nitrogen and oxygen atoms in total. The highest BCUT2D eigenvalue weighted by atomic mass is 31.2. The van der Waals surface area contributed by atoms with Gasteiger partial charge in [0.2, 0.25) is 0 Å². The first-order valence-electron chi connectivity index (χ1n) is 2.78. The van der Waals surface area contributed by atoms with Gasteiger partial charge in [-0.2, -0.15) is 0 Å². The third kappa shape index (κ3) is 8.63. The Labute approximate surface area is 72.0 Å². The molecule has 0 spiro atoms. The zero-order valence-electron chi connectivity index (χ0n) is 6.19. The van der Waals surface area contributed by atoms with Crippen molar-refractivity contribution in [1.82, 2.24) is 9.97 Å². The van der Waals surface area contributed by atoms with E-state index >= 15 is 0 Å². The van der Waals surface area contributed by atoms with Gasteiger partial charge in [0.05, 0.1) is 6.20 Å². The minimum atomic E-state index is -4.14. The van der Waals surface area contributed by atoms with Crippen molar-refractivity contribution < 1.29 is 19.3 Å². The van der Waals surface area contributed by atoms with Gasteiger partial charge >= 0.3 is 13.7 Å². The molecule has 10 heteroatoms. The molecule has 0 unspecified atom stereocenters. The van der Waals surface area contributed by atoms with E-state index in [0.29, 0.717) is 0 Å². The monoisotopic (exact) mass is 210 g/mol. The summed E-state index contributed by atoms with van der Waals surface area (Å²) < 4.78 is 9.10. The average molecular weight is 210 g/mol. The molecule has 0 aliphatic carbocycles. The van der Waals surface area contributed by atoms with Gasteiger partial charge in [-0.25, -0.2) is 15.1 Å². The number of imidazole rings is 1. The summed E-state index contributed by atoms with van der Waals surface area (Å²) in [7, 11) is -4.14. The molecule has 1 rings (SSSR count). The first kappa shape index (κ1) is 11.7. The summed E-state index contributed by atoms with van der Waals surface area (Å²) in [6.07, 6.45) is 2.73. The lowest BCUT2D eigenvalue weighted by Crippen LogP contribution is -1.88. The molecule has 1 heterocycles. The van der Waals surface area contributed by atoms with Crippen LogP contribution in [0.25, 0.3) is 0 Å². The molecule has 0 saturated carbocycles. The molecule has 1 aromatic heterocycles. The van der Waals surface area contributed by atoms with Crippen molar-refractivity contribution in [3.05, 3.63) is 22.5 Å². The van der Waals surface area contributed by atoms with Crippen molar-refractivity contribution in [3.8, 4) is 0 Å². The van der Waals surface area contributed by atoms with Gasteiger partial charge in [0.25, 0.3) is 0 Å². The van der Waals surface area contributed by atoms with Crippen LogP contribution in [0.1, 0.15) is 0 Å². The number of nitrogens with zero attached hydrogens (tertiary/aromatic N) is 2. The molecule has 0 fully saturated rings. The van der Waals surface area contributed by atoms with Gasteiger partial charge in [0, 0.05) is 0 Å². The van der Waals surface area contributed by atoms with Gasteiger partial charge in [-0.05, 0) is 4.92 Å². The fourth-order valence-corrected chi connectivity index (χ4v) is 0.357. The van der Waals surface area contributed by atoms with Crippen LogP contribution in [0, 0.1) is 10.1 Å². The van der Waals surface area contributed by atoms with Gasteiger partial charge in [-0.1, -0.05) is 4.98 Å². The summed E-state index contributed by atoms with van der Waals surface area (Å²) in [5.74, 6) is -0.218.